The Kier molecular flexibility index (Phi) is 5.48. The van der Waals surface area contributed by atoms with Crippen molar-refractivity contribution < 1.29 is 9.47 Å². The van der Waals surface area contributed by atoms with Crippen LogP contribution >= 0.6 is 31.9 Å². The standard InChI is InChI=1S/C13H17Br2NO2/c1-17-13-9(5-10(14)6-12(13)15)7-16-8-11-3-2-4-18-11/h5-6,11,16H,2-4,7-8H2,1H3. The fraction of sp³-hybridized carbons (Fsp3) is 0.538. The van der Waals surface area contributed by atoms with E-state index in [0.29, 0.717) is 6.10 Å². The summed E-state index contributed by atoms with van der Waals surface area (Å²) in [5, 5.41) is 3.43. The molecule has 3 nitrogen and oxygen atoms in total. The minimum absolute atomic E-state index is 0.367. The molecule has 0 bridgehead atoms. The van der Waals surface area contributed by atoms with Crippen molar-refractivity contribution in [2.75, 3.05) is 20.3 Å². The Morgan fingerprint density at radius 3 is 2.94 bits per heavy atom. The van der Waals surface area contributed by atoms with E-state index in [1.54, 1.807) is 7.11 Å². The number of rotatable bonds is 5. The van der Waals surface area contributed by atoms with E-state index in [2.05, 4.69) is 43.2 Å². The van der Waals surface area contributed by atoms with Crippen molar-refractivity contribution in [3.8, 4) is 5.75 Å². The first-order valence-electron chi connectivity index (χ1n) is 6.05. The predicted octanol–water partition coefficient (Wildman–Crippen LogP) is 3.49. The van der Waals surface area contributed by atoms with E-state index >= 15 is 0 Å². The van der Waals surface area contributed by atoms with Crippen LogP contribution in [0, 0.1) is 0 Å². The third kappa shape index (κ3) is 3.70. The van der Waals surface area contributed by atoms with Gasteiger partial charge in [-0.3, -0.25) is 0 Å². The summed E-state index contributed by atoms with van der Waals surface area (Å²) in [5.74, 6) is 0.887. The monoisotopic (exact) mass is 377 g/mol. The summed E-state index contributed by atoms with van der Waals surface area (Å²) in [4.78, 5) is 0. The van der Waals surface area contributed by atoms with E-state index < -0.39 is 0 Å². The summed E-state index contributed by atoms with van der Waals surface area (Å²) in [5.41, 5.74) is 1.14. The molecule has 1 heterocycles. The zero-order valence-corrected chi connectivity index (χ0v) is 13.5. The van der Waals surface area contributed by atoms with Crippen LogP contribution in [0.5, 0.6) is 5.75 Å². The van der Waals surface area contributed by atoms with E-state index in [4.69, 9.17) is 9.47 Å². The lowest BCUT2D eigenvalue weighted by Crippen LogP contribution is -2.26. The van der Waals surface area contributed by atoms with Crippen LogP contribution in [0.15, 0.2) is 21.1 Å². The van der Waals surface area contributed by atoms with E-state index in [0.717, 1.165) is 46.4 Å². The molecule has 1 unspecified atom stereocenters. The second-order valence-electron chi connectivity index (χ2n) is 4.35. The molecule has 100 valence electrons. The van der Waals surface area contributed by atoms with E-state index in [9.17, 15) is 0 Å². The van der Waals surface area contributed by atoms with Gasteiger partial charge in [-0.2, -0.15) is 0 Å². The van der Waals surface area contributed by atoms with Crippen LogP contribution in [0.3, 0.4) is 0 Å². The number of benzene rings is 1. The maximum absolute atomic E-state index is 5.58. The molecule has 2 rings (SSSR count). The van der Waals surface area contributed by atoms with Crippen molar-refractivity contribution >= 4 is 31.9 Å². The summed E-state index contributed by atoms with van der Waals surface area (Å²) < 4.78 is 13.0. The molecule has 0 aromatic heterocycles. The first-order valence-corrected chi connectivity index (χ1v) is 7.63. The van der Waals surface area contributed by atoms with Gasteiger partial charge >= 0.3 is 0 Å². The fourth-order valence-corrected chi connectivity index (χ4v) is 3.62. The van der Waals surface area contributed by atoms with Gasteiger partial charge in [-0.1, -0.05) is 15.9 Å². The molecule has 1 fully saturated rings. The van der Waals surface area contributed by atoms with Crippen LogP contribution in [-0.4, -0.2) is 26.4 Å². The normalized spacial score (nSPS) is 19.2. The molecule has 1 aromatic carbocycles. The van der Waals surface area contributed by atoms with Crippen LogP contribution in [-0.2, 0) is 11.3 Å². The largest absolute Gasteiger partial charge is 0.495 e. The summed E-state index contributed by atoms with van der Waals surface area (Å²) in [6.07, 6.45) is 2.70. The van der Waals surface area contributed by atoms with Crippen LogP contribution in [0.1, 0.15) is 18.4 Å². The average Bonchev–Trinajstić information content (AvgIpc) is 2.81. The number of hydrogen-bond acceptors (Lipinski definition) is 3. The summed E-state index contributed by atoms with van der Waals surface area (Å²) in [6.45, 7) is 2.58. The molecule has 5 heteroatoms. The van der Waals surface area contributed by atoms with Gasteiger partial charge in [-0.25, -0.2) is 0 Å². The van der Waals surface area contributed by atoms with Gasteiger partial charge in [0.15, 0.2) is 0 Å². The Labute approximate surface area is 124 Å². The smallest absolute Gasteiger partial charge is 0.137 e. The molecule has 1 saturated heterocycles. The van der Waals surface area contributed by atoms with Crippen LogP contribution < -0.4 is 10.1 Å². The zero-order valence-electron chi connectivity index (χ0n) is 10.3. The number of methoxy groups -OCH3 is 1. The van der Waals surface area contributed by atoms with Gasteiger partial charge in [-0.05, 0) is 40.9 Å². The van der Waals surface area contributed by atoms with Gasteiger partial charge in [0.2, 0.25) is 0 Å². The molecule has 0 radical (unpaired) electrons. The minimum atomic E-state index is 0.367. The lowest BCUT2D eigenvalue weighted by atomic mass is 10.2. The lowest BCUT2D eigenvalue weighted by Gasteiger charge is -2.14. The van der Waals surface area contributed by atoms with Crippen LogP contribution in [0.2, 0.25) is 0 Å². The highest BCUT2D eigenvalue weighted by molar-refractivity contribution is 9.11. The van der Waals surface area contributed by atoms with Crippen molar-refractivity contribution in [2.45, 2.75) is 25.5 Å². The molecular formula is C13H17Br2NO2. The molecule has 0 aliphatic carbocycles. The molecule has 1 aliphatic rings. The first kappa shape index (κ1) is 14.3. The Morgan fingerprint density at radius 2 is 2.28 bits per heavy atom. The first-order chi connectivity index (χ1) is 8.70. The van der Waals surface area contributed by atoms with Crippen molar-refractivity contribution in [3.63, 3.8) is 0 Å². The van der Waals surface area contributed by atoms with Crippen molar-refractivity contribution in [2.24, 2.45) is 0 Å². The molecule has 0 amide bonds. The topological polar surface area (TPSA) is 30.5 Å². The van der Waals surface area contributed by atoms with E-state index in [-0.39, 0.29) is 0 Å². The molecule has 1 N–H and O–H groups in total. The molecule has 1 atom stereocenters. The van der Waals surface area contributed by atoms with Gasteiger partial charge in [0, 0.05) is 29.7 Å². The number of hydrogen-bond donors (Lipinski definition) is 1. The zero-order chi connectivity index (χ0) is 13.0. The van der Waals surface area contributed by atoms with Gasteiger partial charge in [0.1, 0.15) is 5.75 Å². The Hall–Kier alpha value is -0.100. The number of ether oxygens (including phenoxy) is 2. The Morgan fingerprint density at radius 1 is 1.44 bits per heavy atom. The molecule has 0 saturated carbocycles. The second-order valence-corrected chi connectivity index (χ2v) is 6.12. The van der Waals surface area contributed by atoms with E-state index in [1.165, 1.54) is 6.42 Å². The Balaban J connectivity index is 1.95. The number of nitrogens with one attached hydrogen (secondary N) is 1. The van der Waals surface area contributed by atoms with Gasteiger partial charge in [0.05, 0.1) is 17.7 Å². The van der Waals surface area contributed by atoms with Crippen molar-refractivity contribution in [1.29, 1.82) is 0 Å². The average molecular weight is 379 g/mol. The highest BCUT2D eigenvalue weighted by atomic mass is 79.9. The van der Waals surface area contributed by atoms with Crippen LogP contribution in [0.25, 0.3) is 0 Å². The summed E-state index contributed by atoms with van der Waals surface area (Å²) >= 11 is 7.01. The highest BCUT2D eigenvalue weighted by Crippen LogP contribution is 2.32. The highest BCUT2D eigenvalue weighted by Gasteiger charge is 2.15. The lowest BCUT2D eigenvalue weighted by molar-refractivity contribution is 0.110. The SMILES string of the molecule is COc1c(Br)cc(Br)cc1CNCC1CCCO1. The maximum Gasteiger partial charge on any atom is 0.137 e. The van der Waals surface area contributed by atoms with Crippen molar-refractivity contribution in [3.05, 3.63) is 26.6 Å². The molecule has 1 aliphatic heterocycles. The van der Waals surface area contributed by atoms with Gasteiger partial charge in [0.25, 0.3) is 0 Å². The quantitative estimate of drug-likeness (QED) is 0.850. The van der Waals surface area contributed by atoms with Gasteiger partial charge < -0.3 is 14.8 Å². The van der Waals surface area contributed by atoms with Crippen LogP contribution in [0.4, 0.5) is 0 Å². The Bertz CT molecular complexity index is 406. The third-order valence-electron chi connectivity index (χ3n) is 3.00. The van der Waals surface area contributed by atoms with Crippen molar-refractivity contribution in [1.82, 2.24) is 5.32 Å². The minimum Gasteiger partial charge on any atom is -0.495 e. The van der Waals surface area contributed by atoms with Gasteiger partial charge in [-0.15, -0.1) is 0 Å². The molecular weight excluding hydrogens is 362 g/mol. The van der Waals surface area contributed by atoms with E-state index in [1.807, 2.05) is 6.07 Å². The predicted molar refractivity (Wildman–Crippen MR) is 79.1 cm³/mol. The summed E-state index contributed by atoms with van der Waals surface area (Å²) in [7, 11) is 1.69. The second kappa shape index (κ2) is 6.89. The fourth-order valence-electron chi connectivity index (χ4n) is 2.15. The molecule has 18 heavy (non-hydrogen) atoms. The maximum atomic E-state index is 5.58. The number of halogens is 2. The molecule has 0 spiro atoms. The molecule has 1 aromatic rings. The summed E-state index contributed by atoms with van der Waals surface area (Å²) in [6, 6.07) is 4.06. The third-order valence-corrected chi connectivity index (χ3v) is 4.05.